The number of halogens is 1. The molecule has 3 nitrogen and oxygen atoms in total. The van der Waals surface area contributed by atoms with Crippen LogP contribution in [-0.4, -0.2) is 9.78 Å². The first-order chi connectivity index (χ1) is 7.61. The first kappa shape index (κ1) is 10.7. The monoisotopic (exact) mass is 231 g/mol. The Morgan fingerprint density at radius 2 is 2.06 bits per heavy atom. The SMILES string of the molecule is Cc1cc(C)n(-c2ccc(Cl)cc2C#N)n1. The Balaban J connectivity index is 2.65. The fourth-order valence-corrected chi connectivity index (χ4v) is 1.83. The summed E-state index contributed by atoms with van der Waals surface area (Å²) in [7, 11) is 0. The second-order valence-electron chi connectivity index (χ2n) is 3.61. The van der Waals surface area contributed by atoms with Crippen LogP contribution in [0.4, 0.5) is 0 Å². The minimum Gasteiger partial charge on any atom is -0.237 e. The van der Waals surface area contributed by atoms with E-state index in [2.05, 4.69) is 11.2 Å². The number of rotatable bonds is 1. The number of nitriles is 1. The van der Waals surface area contributed by atoms with Gasteiger partial charge in [0.25, 0.3) is 0 Å². The highest BCUT2D eigenvalue weighted by atomic mass is 35.5. The molecule has 0 aliphatic carbocycles. The van der Waals surface area contributed by atoms with Crippen LogP contribution in [0.1, 0.15) is 17.0 Å². The van der Waals surface area contributed by atoms with Gasteiger partial charge >= 0.3 is 0 Å². The Labute approximate surface area is 98.9 Å². The number of benzene rings is 1. The van der Waals surface area contributed by atoms with Gasteiger partial charge in [-0.25, -0.2) is 4.68 Å². The quantitative estimate of drug-likeness (QED) is 0.757. The number of nitrogens with zero attached hydrogens (tertiary/aromatic N) is 3. The van der Waals surface area contributed by atoms with E-state index in [9.17, 15) is 0 Å². The Morgan fingerprint density at radius 3 is 2.62 bits per heavy atom. The van der Waals surface area contributed by atoms with Gasteiger partial charge in [0.2, 0.25) is 0 Å². The third kappa shape index (κ3) is 1.80. The Morgan fingerprint density at radius 1 is 1.31 bits per heavy atom. The van der Waals surface area contributed by atoms with E-state index < -0.39 is 0 Å². The molecule has 0 fully saturated rings. The lowest BCUT2D eigenvalue weighted by atomic mass is 10.2. The lowest BCUT2D eigenvalue weighted by Gasteiger charge is -2.06. The zero-order chi connectivity index (χ0) is 11.7. The number of hydrogen-bond donors (Lipinski definition) is 0. The van der Waals surface area contributed by atoms with E-state index in [4.69, 9.17) is 16.9 Å². The fraction of sp³-hybridized carbons (Fsp3) is 0.167. The van der Waals surface area contributed by atoms with Gasteiger partial charge in [0, 0.05) is 10.7 Å². The summed E-state index contributed by atoms with van der Waals surface area (Å²) in [6, 6.07) is 9.30. The van der Waals surface area contributed by atoms with Gasteiger partial charge in [-0.05, 0) is 38.1 Å². The molecule has 0 N–H and O–H groups in total. The van der Waals surface area contributed by atoms with Crippen LogP contribution in [0.15, 0.2) is 24.3 Å². The maximum atomic E-state index is 9.05. The predicted molar refractivity (Wildman–Crippen MR) is 62.8 cm³/mol. The van der Waals surface area contributed by atoms with Gasteiger partial charge in [0.1, 0.15) is 6.07 Å². The van der Waals surface area contributed by atoms with E-state index >= 15 is 0 Å². The largest absolute Gasteiger partial charge is 0.237 e. The van der Waals surface area contributed by atoms with Crippen molar-refractivity contribution >= 4 is 11.6 Å². The van der Waals surface area contributed by atoms with E-state index in [1.54, 1.807) is 22.9 Å². The van der Waals surface area contributed by atoms with Crippen molar-refractivity contribution in [2.24, 2.45) is 0 Å². The molecule has 1 heterocycles. The van der Waals surface area contributed by atoms with E-state index in [-0.39, 0.29) is 0 Å². The van der Waals surface area contributed by atoms with Gasteiger partial charge in [-0.2, -0.15) is 10.4 Å². The molecule has 0 aliphatic heterocycles. The molecule has 80 valence electrons. The van der Waals surface area contributed by atoms with Crippen molar-refractivity contribution < 1.29 is 0 Å². The maximum absolute atomic E-state index is 9.05. The van der Waals surface area contributed by atoms with Crippen molar-refractivity contribution in [2.45, 2.75) is 13.8 Å². The summed E-state index contributed by atoms with van der Waals surface area (Å²) in [4.78, 5) is 0. The Kier molecular flexibility index (Phi) is 2.67. The van der Waals surface area contributed by atoms with Crippen LogP contribution in [0, 0.1) is 25.2 Å². The van der Waals surface area contributed by atoms with Crippen LogP contribution in [0.3, 0.4) is 0 Å². The fourth-order valence-electron chi connectivity index (χ4n) is 1.66. The molecule has 2 rings (SSSR count). The van der Waals surface area contributed by atoms with E-state index in [0.29, 0.717) is 10.6 Å². The molecule has 1 aromatic carbocycles. The molecule has 2 aromatic rings. The zero-order valence-electron chi connectivity index (χ0n) is 9.03. The lowest BCUT2D eigenvalue weighted by molar-refractivity contribution is 0.831. The standard InChI is InChI=1S/C12H10ClN3/c1-8-5-9(2)16(15-8)12-4-3-11(13)6-10(12)7-14/h3-6H,1-2H3. The van der Waals surface area contributed by atoms with Crippen LogP contribution in [-0.2, 0) is 0 Å². The van der Waals surface area contributed by atoms with Crippen LogP contribution < -0.4 is 0 Å². The molecule has 16 heavy (non-hydrogen) atoms. The molecule has 0 radical (unpaired) electrons. The van der Waals surface area contributed by atoms with E-state index in [1.807, 2.05) is 19.9 Å². The summed E-state index contributed by atoms with van der Waals surface area (Å²) in [6.45, 7) is 3.88. The first-order valence-electron chi connectivity index (χ1n) is 4.85. The lowest BCUT2D eigenvalue weighted by Crippen LogP contribution is -2.01. The summed E-state index contributed by atoms with van der Waals surface area (Å²) in [6.07, 6.45) is 0. The predicted octanol–water partition coefficient (Wildman–Crippen LogP) is 3.01. The molecule has 0 atom stereocenters. The molecule has 0 saturated heterocycles. The minimum atomic E-state index is 0.527. The van der Waals surface area contributed by atoms with Crippen molar-refractivity contribution in [3.8, 4) is 11.8 Å². The van der Waals surface area contributed by atoms with Crippen molar-refractivity contribution in [2.75, 3.05) is 0 Å². The van der Waals surface area contributed by atoms with Gasteiger partial charge < -0.3 is 0 Å². The highest BCUT2D eigenvalue weighted by Gasteiger charge is 2.08. The van der Waals surface area contributed by atoms with Crippen molar-refractivity contribution in [3.05, 3.63) is 46.2 Å². The summed E-state index contributed by atoms with van der Waals surface area (Å²) >= 11 is 5.85. The molecule has 0 aliphatic rings. The smallest absolute Gasteiger partial charge is 0.101 e. The molecule has 0 amide bonds. The van der Waals surface area contributed by atoms with Crippen LogP contribution in [0.25, 0.3) is 5.69 Å². The molecule has 0 spiro atoms. The highest BCUT2D eigenvalue weighted by Crippen LogP contribution is 2.20. The Bertz CT molecular complexity index is 578. The van der Waals surface area contributed by atoms with Crippen molar-refractivity contribution in [3.63, 3.8) is 0 Å². The first-order valence-corrected chi connectivity index (χ1v) is 5.23. The third-order valence-corrected chi connectivity index (χ3v) is 2.55. The molecular formula is C12H10ClN3. The normalized spacial score (nSPS) is 10.1. The Hall–Kier alpha value is -1.79. The molecule has 0 bridgehead atoms. The van der Waals surface area contributed by atoms with E-state index in [1.165, 1.54) is 0 Å². The maximum Gasteiger partial charge on any atom is 0.101 e. The average Bonchev–Trinajstić information content (AvgIpc) is 2.57. The van der Waals surface area contributed by atoms with E-state index in [0.717, 1.165) is 17.1 Å². The van der Waals surface area contributed by atoms with Crippen molar-refractivity contribution in [1.82, 2.24) is 9.78 Å². The topological polar surface area (TPSA) is 41.6 Å². The van der Waals surface area contributed by atoms with Gasteiger partial charge in [-0.3, -0.25) is 0 Å². The van der Waals surface area contributed by atoms with Gasteiger partial charge in [0.15, 0.2) is 0 Å². The van der Waals surface area contributed by atoms with Gasteiger partial charge in [-0.1, -0.05) is 11.6 Å². The van der Waals surface area contributed by atoms with Crippen molar-refractivity contribution in [1.29, 1.82) is 5.26 Å². The molecule has 0 saturated carbocycles. The van der Waals surface area contributed by atoms with Crippen LogP contribution in [0.2, 0.25) is 5.02 Å². The molecule has 1 aromatic heterocycles. The number of aromatic nitrogens is 2. The van der Waals surface area contributed by atoms with Crippen LogP contribution >= 0.6 is 11.6 Å². The average molecular weight is 232 g/mol. The molecule has 4 heteroatoms. The summed E-state index contributed by atoms with van der Waals surface area (Å²) in [5, 5.41) is 14.0. The van der Waals surface area contributed by atoms with Gasteiger partial charge in [-0.15, -0.1) is 0 Å². The van der Waals surface area contributed by atoms with Crippen LogP contribution in [0.5, 0.6) is 0 Å². The zero-order valence-corrected chi connectivity index (χ0v) is 9.78. The molecule has 0 unspecified atom stereocenters. The number of hydrogen-bond acceptors (Lipinski definition) is 2. The second-order valence-corrected chi connectivity index (χ2v) is 4.05. The summed E-state index contributed by atoms with van der Waals surface area (Å²) < 4.78 is 1.75. The highest BCUT2D eigenvalue weighted by molar-refractivity contribution is 6.30. The second kappa shape index (κ2) is 3.99. The summed E-state index contributed by atoms with van der Waals surface area (Å²) in [5.41, 5.74) is 3.21. The van der Waals surface area contributed by atoms with Gasteiger partial charge in [0.05, 0.1) is 16.9 Å². The minimum absolute atomic E-state index is 0.527. The summed E-state index contributed by atoms with van der Waals surface area (Å²) in [5.74, 6) is 0. The third-order valence-electron chi connectivity index (χ3n) is 2.32. The molecular weight excluding hydrogens is 222 g/mol. The number of aryl methyl sites for hydroxylation is 2.